The summed E-state index contributed by atoms with van der Waals surface area (Å²) in [6.07, 6.45) is -2.30. The molecule has 2 nitrogen and oxygen atoms in total. The fourth-order valence-electron chi connectivity index (χ4n) is 1.60. The molecule has 0 saturated heterocycles. The average molecular weight is 279 g/mol. The maximum absolute atomic E-state index is 12.3. The molecule has 0 unspecified atom stereocenters. The quantitative estimate of drug-likeness (QED) is 0.810. The number of hydrogen-bond donors (Lipinski definition) is 1. The van der Waals surface area contributed by atoms with E-state index < -0.39 is 12.7 Å². The molecule has 1 N–H and O–H groups in total. The summed E-state index contributed by atoms with van der Waals surface area (Å²) in [7, 11) is 0. The van der Waals surface area contributed by atoms with Gasteiger partial charge in [-0.2, -0.15) is 13.2 Å². The molecule has 1 aromatic carbocycles. The second-order valence-electron chi connectivity index (χ2n) is 3.90. The van der Waals surface area contributed by atoms with Crippen molar-refractivity contribution in [2.75, 3.05) is 26.0 Å². The number of halogens is 3. The molecule has 0 aliphatic rings. The molecule has 0 aliphatic heterocycles. The largest absolute Gasteiger partial charge is 0.401 e. The van der Waals surface area contributed by atoms with E-state index in [9.17, 15) is 13.2 Å². The Labute approximate surface area is 109 Å². The maximum Gasteiger partial charge on any atom is 0.401 e. The van der Waals surface area contributed by atoms with E-state index in [2.05, 4.69) is 0 Å². The Morgan fingerprint density at radius 3 is 2.28 bits per heavy atom. The molecule has 0 saturated carbocycles. The second-order valence-corrected chi connectivity index (χ2v) is 4.78. The van der Waals surface area contributed by atoms with Gasteiger partial charge in [-0.3, -0.25) is 4.90 Å². The first-order valence-electron chi connectivity index (χ1n) is 5.47. The fourth-order valence-corrected chi connectivity index (χ4v) is 2.01. The van der Waals surface area contributed by atoms with Crippen molar-refractivity contribution in [3.8, 4) is 0 Å². The number of benzene rings is 1. The van der Waals surface area contributed by atoms with Gasteiger partial charge < -0.3 is 5.11 Å². The Morgan fingerprint density at radius 1 is 1.22 bits per heavy atom. The highest BCUT2D eigenvalue weighted by atomic mass is 32.2. The molecular formula is C12H16F3NOS. The summed E-state index contributed by atoms with van der Waals surface area (Å²) in [5.41, 5.74) is 0.811. The first-order chi connectivity index (χ1) is 8.44. The molecule has 1 rings (SSSR count). The average Bonchev–Trinajstić information content (AvgIpc) is 2.28. The molecule has 0 amide bonds. The van der Waals surface area contributed by atoms with E-state index in [1.165, 1.54) is 4.90 Å². The molecule has 0 radical (unpaired) electrons. The number of hydrogen-bond acceptors (Lipinski definition) is 3. The molecule has 0 heterocycles. The summed E-state index contributed by atoms with van der Waals surface area (Å²) < 4.78 is 37.0. The Kier molecular flexibility index (Phi) is 5.98. The molecule has 0 bridgehead atoms. The maximum atomic E-state index is 12.3. The van der Waals surface area contributed by atoms with Gasteiger partial charge in [0.15, 0.2) is 0 Å². The van der Waals surface area contributed by atoms with Crippen LogP contribution >= 0.6 is 11.8 Å². The van der Waals surface area contributed by atoms with Crippen LogP contribution < -0.4 is 0 Å². The zero-order chi connectivity index (χ0) is 13.6. The fraction of sp³-hybridized carbons (Fsp3) is 0.500. The molecule has 1 aromatic rings. The van der Waals surface area contributed by atoms with Gasteiger partial charge in [-0.15, -0.1) is 11.8 Å². The van der Waals surface area contributed by atoms with Gasteiger partial charge in [-0.1, -0.05) is 12.1 Å². The van der Waals surface area contributed by atoms with Crippen LogP contribution in [0.25, 0.3) is 0 Å². The highest BCUT2D eigenvalue weighted by Gasteiger charge is 2.30. The van der Waals surface area contributed by atoms with Crippen LogP contribution in [0.3, 0.4) is 0 Å². The third-order valence-corrected chi connectivity index (χ3v) is 3.13. The second kappa shape index (κ2) is 7.01. The van der Waals surface area contributed by atoms with Crippen LogP contribution in [0.5, 0.6) is 0 Å². The highest BCUT2D eigenvalue weighted by molar-refractivity contribution is 7.98. The lowest BCUT2D eigenvalue weighted by Crippen LogP contribution is -2.35. The third-order valence-electron chi connectivity index (χ3n) is 2.38. The lowest BCUT2D eigenvalue weighted by atomic mass is 10.2. The van der Waals surface area contributed by atoms with E-state index in [0.29, 0.717) is 0 Å². The molecule has 0 atom stereocenters. The topological polar surface area (TPSA) is 23.5 Å². The van der Waals surface area contributed by atoms with Crippen molar-refractivity contribution in [1.82, 2.24) is 4.90 Å². The van der Waals surface area contributed by atoms with E-state index in [0.717, 1.165) is 10.5 Å². The summed E-state index contributed by atoms with van der Waals surface area (Å²) in [6, 6.07) is 7.38. The molecule has 102 valence electrons. The van der Waals surface area contributed by atoms with E-state index in [4.69, 9.17) is 5.11 Å². The van der Waals surface area contributed by atoms with E-state index >= 15 is 0 Å². The third kappa shape index (κ3) is 5.75. The summed E-state index contributed by atoms with van der Waals surface area (Å²) in [5, 5.41) is 8.78. The molecular weight excluding hydrogens is 263 g/mol. The van der Waals surface area contributed by atoms with Crippen molar-refractivity contribution in [3.63, 3.8) is 0 Å². The normalized spacial score (nSPS) is 12.1. The lowest BCUT2D eigenvalue weighted by Gasteiger charge is -2.22. The van der Waals surface area contributed by atoms with Crippen LogP contribution in [0.2, 0.25) is 0 Å². The number of rotatable bonds is 6. The van der Waals surface area contributed by atoms with Gasteiger partial charge in [0.25, 0.3) is 0 Å². The molecule has 6 heteroatoms. The zero-order valence-corrected chi connectivity index (χ0v) is 10.9. The monoisotopic (exact) mass is 279 g/mol. The molecule has 0 aliphatic carbocycles. The number of aliphatic hydroxyl groups is 1. The van der Waals surface area contributed by atoms with E-state index in [1.54, 1.807) is 11.8 Å². The lowest BCUT2D eigenvalue weighted by molar-refractivity contribution is -0.147. The minimum absolute atomic E-state index is 0.0176. The van der Waals surface area contributed by atoms with Gasteiger partial charge in [0, 0.05) is 18.0 Å². The van der Waals surface area contributed by atoms with Crippen LogP contribution in [-0.2, 0) is 6.54 Å². The first kappa shape index (κ1) is 15.3. The van der Waals surface area contributed by atoms with Crippen molar-refractivity contribution in [2.24, 2.45) is 0 Å². The Morgan fingerprint density at radius 2 is 1.83 bits per heavy atom. The van der Waals surface area contributed by atoms with Crippen molar-refractivity contribution in [3.05, 3.63) is 29.8 Å². The summed E-state index contributed by atoms with van der Waals surface area (Å²) in [5.74, 6) is 0. The Hall–Kier alpha value is -0.720. The van der Waals surface area contributed by atoms with Crippen molar-refractivity contribution >= 4 is 11.8 Å². The molecule has 0 fully saturated rings. The van der Waals surface area contributed by atoms with Crippen molar-refractivity contribution < 1.29 is 18.3 Å². The Balaban J connectivity index is 2.64. The minimum atomic E-state index is -4.24. The van der Waals surface area contributed by atoms with Crippen LogP contribution in [0.15, 0.2) is 29.2 Å². The number of aliphatic hydroxyl groups excluding tert-OH is 1. The number of thioether (sulfide) groups is 1. The molecule has 0 spiro atoms. The van der Waals surface area contributed by atoms with Crippen LogP contribution in [0.4, 0.5) is 13.2 Å². The van der Waals surface area contributed by atoms with E-state index in [-0.39, 0.29) is 19.7 Å². The predicted molar refractivity (Wildman–Crippen MR) is 66.6 cm³/mol. The number of nitrogens with zero attached hydrogens (tertiary/aromatic N) is 1. The van der Waals surface area contributed by atoms with Gasteiger partial charge in [-0.05, 0) is 24.0 Å². The SMILES string of the molecule is CSc1ccc(CN(CCO)CC(F)(F)F)cc1. The summed E-state index contributed by atoms with van der Waals surface area (Å²) >= 11 is 1.58. The van der Waals surface area contributed by atoms with Gasteiger partial charge in [0.05, 0.1) is 13.2 Å². The summed E-state index contributed by atoms with van der Waals surface area (Å²) in [4.78, 5) is 2.26. The van der Waals surface area contributed by atoms with Gasteiger partial charge in [0.1, 0.15) is 0 Å². The minimum Gasteiger partial charge on any atom is -0.395 e. The molecule has 0 aromatic heterocycles. The summed E-state index contributed by atoms with van der Waals surface area (Å²) in [6.45, 7) is -1.07. The highest BCUT2D eigenvalue weighted by Crippen LogP contribution is 2.19. The standard InChI is InChI=1S/C12H16F3NOS/c1-18-11-4-2-10(3-5-11)8-16(6-7-17)9-12(13,14)15/h2-5,17H,6-9H2,1H3. The zero-order valence-electron chi connectivity index (χ0n) is 10.1. The smallest absolute Gasteiger partial charge is 0.395 e. The number of alkyl halides is 3. The van der Waals surface area contributed by atoms with Crippen LogP contribution in [0.1, 0.15) is 5.56 Å². The van der Waals surface area contributed by atoms with Crippen LogP contribution in [-0.4, -0.2) is 42.1 Å². The Bertz CT molecular complexity index is 353. The van der Waals surface area contributed by atoms with Crippen molar-refractivity contribution in [2.45, 2.75) is 17.6 Å². The van der Waals surface area contributed by atoms with Crippen molar-refractivity contribution in [1.29, 1.82) is 0 Å². The van der Waals surface area contributed by atoms with Crippen LogP contribution in [0, 0.1) is 0 Å². The first-order valence-corrected chi connectivity index (χ1v) is 6.70. The predicted octanol–water partition coefficient (Wildman–Crippen LogP) is 2.77. The van der Waals surface area contributed by atoms with Gasteiger partial charge in [-0.25, -0.2) is 0 Å². The van der Waals surface area contributed by atoms with Gasteiger partial charge >= 0.3 is 6.18 Å². The van der Waals surface area contributed by atoms with E-state index in [1.807, 2.05) is 30.5 Å². The van der Waals surface area contributed by atoms with Gasteiger partial charge in [0.2, 0.25) is 0 Å². The molecule has 18 heavy (non-hydrogen) atoms.